The summed E-state index contributed by atoms with van der Waals surface area (Å²) in [4.78, 5) is 25.4. The van der Waals surface area contributed by atoms with Crippen molar-refractivity contribution in [3.8, 4) is 5.75 Å². The van der Waals surface area contributed by atoms with E-state index in [1.807, 2.05) is 49.9 Å². The summed E-state index contributed by atoms with van der Waals surface area (Å²) < 4.78 is 16.5. The number of thioether (sulfide) groups is 1. The maximum atomic E-state index is 12.4. The molecule has 7 nitrogen and oxygen atoms in total. The third kappa shape index (κ3) is 12.2. The lowest BCUT2D eigenvalue weighted by Crippen LogP contribution is -2.36. The third-order valence-corrected chi connectivity index (χ3v) is 5.76. The van der Waals surface area contributed by atoms with Gasteiger partial charge < -0.3 is 24.2 Å². The lowest BCUT2D eigenvalue weighted by Gasteiger charge is -2.23. The van der Waals surface area contributed by atoms with Crippen LogP contribution in [-0.4, -0.2) is 72.6 Å². The van der Waals surface area contributed by atoms with Crippen molar-refractivity contribution in [3.63, 3.8) is 0 Å². The SMILES string of the molecule is CCCSCCCN(CCOc1ccc(CC(OCC)C(=O)O)cc1)C(=O)OCC(C)C. The van der Waals surface area contributed by atoms with Gasteiger partial charge in [-0.25, -0.2) is 9.59 Å². The van der Waals surface area contributed by atoms with E-state index in [0.717, 1.165) is 29.9 Å². The summed E-state index contributed by atoms with van der Waals surface area (Å²) in [5.74, 6) is 2.15. The van der Waals surface area contributed by atoms with Crippen molar-refractivity contribution in [2.24, 2.45) is 5.92 Å². The highest BCUT2D eigenvalue weighted by Crippen LogP contribution is 2.15. The molecule has 1 N–H and O–H groups in total. The van der Waals surface area contributed by atoms with Gasteiger partial charge in [0.25, 0.3) is 0 Å². The molecular formula is C24H39NO6S. The quantitative estimate of drug-likeness (QED) is 0.330. The first-order valence-electron chi connectivity index (χ1n) is 11.4. The van der Waals surface area contributed by atoms with Crippen LogP contribution in [-0.2, 0) is 20.7 Å². The van der Waals surface area contributed by atoms with Crippen LogP contribution < -0.4 is 4.74 Å². The van der Waals surface area contributed by atoms with Gasteiger partial charge in [-0.2, -0.15) is 11.8 Å². The smallest absolute Gasteiger partial charge is 0.409 e. The molecule has 182 valence electrons. The highest BCUT2D eigenvalue weighted by molar-refractivity contribution is 7.99. The van der Waals surface area contributed by atoms with E-state index in [-0.39, 0.29) is 6.09 Å². The fraction of sp³-hybridized carbons (Fsp3) is 0.667. The third-order valence-electron chi connectivity index (χ3n) is 4.48. The molecule has 0 aromatic heterocycles. The number of hydrogen-bond donors (Lipinski definition) is 1. The van der Waals surface area contributed by atoms with Crippen molar-refractivity contribution in [3.05, 3.63) is 29.8 Å². The summed E-state index contributed by atoms with van der Waals surface area (Å²) in [5.41, 5.74) is 0.863. The summed E-state index contributed by atoms with van der Waals surface area (Å²) in [6, 6.07) is 7.29. The molecule has 0 aliphatic rings. The topological polar surface area (TPSA) is 85.3 Å². The van der Waals surface area contributed by atoms with Crippen LogP contribution >= 0.6 is 11.8 Å². The highest BCUT2D eigenvalue weighted by Gasteiger charge is 2.18. The maximum absolute atomic E-state index is 12.4. The summed E-state index contributed by atoms with van der Waals surface area (Å²) in [5, 5.41) is 9.21. The molecule has 0 spiro atoms. The van der Waals surface area contributed by atoms with Gasteiger partial charge in [-0.3, -0.25) is 0 Å². The summed E-state index contributed by atoms with van der Waals surface area (Å²) in [7, 11) is 0. The zero-order valence-corrected chi connectivity index (χ0v) is 20.7. The fourth-order valence-electron chi connectivity index (χ4n) is 2.86. The Bertz CT molecular complexity index is 652. The van der Waals surface area contributed by atoms with Crippen molar-refractivity contribution in [2.75, 3.05) is 44.4 Å². The number of aliphatic carboxylic acids is 1. The van der Waals surface area contributed by atoms with Crippen LogP contribution in [0.2, 0.25) is 0 Å². The first kappa shape index (κ1) is 28.1. The van der Waals surface area contributed by atoms with Gasteiger partial charge in [0.1, 0.15) is 12.4 Å². The second kappa shape index (κ2) is 16.7. The fourth-order valence-corrected chi connectivity index (χ4v) is 3.68. The number of rotatable bonds is 17. The summed E-state index contributed by atoms with van der Waals surface area (Å²) in [6.07, 6.45) is 1.22. The number of carbonyl (C=O) groups is 2. The minimum absolute atomic E-state index is 0.291. The molecule has 1 unspecified atom stereocenters. The number of ether oxygens (including phenoxy) is 3. The number of amides is 1. The zero-order chi connectivity index (χ0) is 23.8. The average molecular weight is 470 g/mol. The molecule has 0 radical (unpaired) electrons. The lowest BCUT2D eigenvalue weighted by molar-refractivity contribution is -0.149. The largest absolute Gasteiger partial charge is 0.492 e. The molecule has 0 saturated heterocycles. The zero-order valence-electron chi connectivity index (χ0n) is 19.9. The molecule has 1 rings (SSSR count). The van der Waals surface area contributed by atoms with Gasteiger partial charge >= 0.3 is 12.1 Å². The van der Waals surface area contributed by atoms with Crippen molar-refractivity contribution in [1.29, 1.82) is 0 Å². The van der Waals surface area contributed by atoms with E-state index >= 15 is 0 Å². The van der Waals surface area contributed by atoms with Crippen LogP contribution in [0.4, 0.5) is 4.79 Å². The Morgan fingerprint density at radius 2 is 1.81 bits per heavy atom. The predicted octanol–water partition coefficient (Wildman–Crippen LogP) is 4.73. The molecule has 1 amide bonds. The molecule has 0 aliphatic heterocycles. The van der Waals surface area contributed by atoms with Gasteiger partial charge in [0, 0.05) is 19.6 Å². The Kier molecular flexibility index (Phi) is 14.6. The van der Waals surface area contributed by atoms with Crippen LogP contribution in [0.5, 0.6) is 5.75 Å². The van der Waals surface area contributed by atoms with Crippen LogP contribution in [0.3, 0.4) is 0 Å². The standard InChI is InChI=1S/C24H39NO6S/c1-5-15-32-16-7-12-25(24(28)31-18-19(3)4)13-14-30-21-10-8-20(9-11-21)17-22(23(26)27)29-6-2/h8-11,19,22H,5-7,12-18H2,1-4H3,(H,26,27). The molecule has 32 heavy (non-hydrogen) atoms. The van der Waals surface area contributed by atoms with Gasteiger partial charge in [-0.1, -0.05) is 32.9 Å². The van der Waals surface area contributed by atoms with Gasteiger partial charge in [-0.05, 0) is 54.9 Å². The van der Waals surface area contributed by atoms with E-state index in [9.17, 15) is 14.7 Å². The number of carbonyl (C=O) groups excluding carboxylic acids is 1. The van der Waals surface area contributed by atoms with Crippen molar-refractivity contribution in [2.45, 2.75) is 53.1 Å². The summed E-state index contributed by atoms with van der Waals surface area (Å²) in [6.45, 7) is 10.2. The van der Waals surface area contributed by atoms with Gasteiger partial charge in [0.2, 0.25) is 0 Å². The summed E-state index contributed by atoms with van der Waals surface area (Å²) >= 11 is 1.90. The molecule has 1 atom stereocenters. The predicted molar refractivity (Wildman–Crippen MR) is 129 cm³/mol. The van der Waals surface area contributed by atoms with Crippen molar-refractivity contribution in [1.82, 2.24) is 4.90 Å². The van der Waals surface area contributed by atoms with Crippen LogP contribution in [0.15, 0.2) is 24.3 Å². The van der Waals surface area contributed by atoms with E-state index < -0.39 is 12.1 Å². The van der Waals surface area contributed by atoms with Crippen LogP contribution in [0, 0.1) is 5.92 Å². The Labute approximate surface area is 196 Å². The minimum Gasteiger partial charge on any atom is -0.492 e. The van der Waals surface area contributed by atoms with E-state index in [2.05, 4.69) is 6.92 Å². The first-order valence-corrected chi connectivity index (χ1v) is 12.6. The normalized spacial score (nSPS) is 11.9. The van der Waals surface area contributed by atoms with E-state index in [4.69, 9.17) is 14.2 Å². The van der Waals surface area contributed by atoms with Crippen LogP contribution in [0.1, 0.15) is 46.1 Å². The van der Waals surface area contributed by atoms with E-state index in [1.165, 1.54) is 0 Å². The average Bonchev–Trinajstić information content (AvgIpc) is 2.76. The number of carboxylic acid groups (broad SMARTS) is 1. The number of hydrogen-bond acceptors (Lipinski definition) is 6. The molecule has 0 aliphatic carbocycles. The maximum Gasteiger partial charge on any atom is 0.409 e. The molecule has 0 saturated carbocycles. The van der Waals surface area contributed by atoms with Crippen molar-refractivity contribution >= 4 is 23.8 Å². The molecule has 0 fully saturated rings. The number of carboxylic acids is 1. The molecular weight excluding hydrogens is 430 g/mol. The van der Waals surface area contributed by atoms with Crippen molar-refractivity contribution < 1.29 is 28.9 Å². The molecule has 1 aromatic carbocycles. The molecule has 0 bridgehead atoms. The number of nitrogens with zero attached hydrogens (tertiary/aromatic N) is 1. The second-order valence-corrected chi connectivity index (χ2v) is 9.13. The first-order chi connectivity index (χ1) is 15.4. The molecule has 8 heteroatoms. The number of benzene rings is 1. The highest BCUT2D eigenvalue weighted by atomic mass is 32.2. The van der Waals surface area contributed by atoms with E-state index in [1.54, 1.807) is 11.8 Å². The monoisotopic (exact) mass is 469 g/mol. The Morgan fingerprint density at radius 3 is 2.41 bits per heavy atom. The Morgan fingerprint density at radius 1 is 1.09 bits per heavy atom. The molecule has 1 aromatic rings. The molecule has 0 heterocycles. The lowest BCUT2D eigenvalue weighted by atomic mass is 10.1. The second-order valence-electron chi connectivity index (χ2n) is 7.90. The van der Waals surface area contributed by atoms with E-state index in [0.29, 0.717) is 51.0 Å². The van der Waals surface area contributed by atoms with Gasteiger partial charge in [-0.15, -0.1) is 0 Å². The minimum atomic E-state index is -0.968. The van der Waals surface area contributed by atoms with Gasteiger partial charge in [0.15, 0.2) is 6.10 Å². The Balaban J connectivity index is 2.53. The van der Waals surface area contributed by atoms with Gasteiger partial charge in [0.05, 0.1) is 13.2 Å². The van der Waals surface area contributed by atoms with Crippen LogP contribution in [0.25, 0.3) is 0 Å². The Hall–Kier alpha value is -1.93.